The third-order valence-electron chi connectivity index (χ3n) is 3.59. The minimum absolute atomic E-state index is 0.177. The van der Waals surface area contributed by atoms with E-state index in [9.17, 15) is 9.59 Å². The monoisotopic (exact) mass is 338 g/mol. The van der Waals surface area contributed by atoms with Crippen LogP contribution in [-0.4, -0.2) is 58.2 Å². The number of urea groups is 1. The fourth-order valence-electron chi connectivity index (χ4n) is 2.42. The highest BCUT2D eigenvalue weighted by atomic mass is 16.5. The Morgan fingerprint density at radius 1 is 1.29 bits per heavy atom. The van der Waals surface area contributed by atoms with Crippen LogP contribution in [0.4, 0.5) is 10.5 Å². The average Bonchev–Trinajstić information content (AvgIpc) is 3.01. The van der Waals surface area contributed by atoms with Crippen molar-refractivity contribution in [1.29, 1.82) is 0 Å². The van der Waals surface area contributed by atoms with Crippen molar-refractivity contribution in [1.82, 2.24) is 5.32 Å². The summed E-state index contributed by atoms with van der Waals surface area (Å²) in [6.45, 7) is 3.26. The topological polar surface area (TPSA) is 95.1 Å². The van der Waals surface area contributed by atoms with Crippen LogP contribution >= 0.6 is 0 Å². The number of anilines is 1. The maximum atomic E-state index is 12.2. The SMILES string of the molecule is CCO[C@@H]1COC[C@H]1NC(=O)Nc1cc(C(=O)OC)ccc1OC. The Bertz CT molecular complexity index is 592. The van der Waals surface area contributed by atoms with E-state index in [4.69, 9.17) is 14.2 Å². The number of ether oxygens (including phenoxy) is 4. The minimum Gasteiger partial charge on any atom is -0.495 e. The molecule has 132 valence electrons. The molecule has 1 aromatic rings. The highest BCUT2D eigenvalue weighted by Crippen LogP contribution is 2.26. The van der Waals surface area contributed by atoms with E-state index in [1.54, 1.807) is 12.1 Å². The lowest BCUT2D eigenvalue weighted by Crippen LogP contribution is -2.45. The van der Waals surface area contributed by atoms with Gasteiger partial charge >= 0.3 is 12.0 Å². The molecule has 2 atom stereocenters. The first-order valence-electron chi connectivity index (χ1n) is 7.62. The van der Waals surface area contributed by atoms with Gasteiger partial charge in [0.05, 0.1) is 44.7 Å². The second-order valence-electron chi connectivity index (χ2n) is 5.14. The van der Waals surface area contributed by atoms with Gasteiger partial charge in [0.1, 0.15) is 11.9 Å². The number of benzene rings is 1. The Morgan fingerprint density at radius 2 is 2.08 bits per heavy atom. The molecule has 0 saturated carbocycles. The van der Waals surface area contributed by atoms with E-state index >= 15 is 0 Å². The first-order valence-corrected chi connectivity index (χ1v) is 7.62. The van der Waals surface area contributed by atoms with E-state index in [1.165, 1.54) is 20.3 Å². The zero-order chi connectivity index (χ0) is 17.5. The van der Waals surface area contributed by atoms with Crippen LogP contribution in [0.15, 0.2) is 18.2 Å². The van der Waals surface area contributed by atoms with E-state index in [2.05, 4.69) is 15.4 Å². The normalized spacial score (nSPS) is 19.6. The number of esters is 1. The predicted octanol–water partition coefficient (Wildman–Crippen LogP) is 1.41. The number of hydrogen-bond donors (Lipinski definition) is 2. The van der Waals surface area contributed by atoms with Gasteiger partial charge in [-0.2, -0.15) is 0 Å². The van der Waals surface area contributed by atoms with E-state index in [0.29, 0.717) is 36.8 Å². The molecule has 0 bridgehead atoms. The molecule has 1 aliphatic heterocycles. The Kier molecular flexibility index (Phi) is 6.39. The van der Waals surface area contributed by atoms with Crippen molar-refractivity contribution in [3.8, 4) is 5.75 Å². The number of hydrogen-bond acceptors (Lipinski definition) is 6. The molecule has 24 heavy (non-hydrogen) atoms. The highest BCUT2D eigenvalue weighted by Gasteiger charge is 2.30. The van der Waals surface area contributed by atoms with Gasteiger partial charge in [0.2, 0.25) is 0 Å². The molecule has 0 unspecified atom stereocenters. The van der Waals surface area contributed by atoms with Crippen molar-refractivity contribution in [2.75, 3.05) is 39.4 Å². The molecule has 0 radical (unpaired) electrons. The summed E-state index contributed by atoms with van der Waals surface area (Å²) in [7, 11) is 2.77. The van der Waals surface area contributed by atoms with Crippen LogP contribution in [-0.2, 0) is 14.2 Å². The predicted molar refractivity (Wildman–Crippen MR) is 86.5 cm³/mol. The van der Waals surface area contributed by atoms with Crippen LogP contribution in [0.5, 0.6) is 5.75 Å². The Hall–Kier alpha value is -2.32. The lowest BCUT2D eigenvalue weighted by Gasteiger charge is -2.19. The quantitative estimate of drug-likeness (QED) is 0.762. The molecule has 2 N–H and O–H groups in total. The van der Waals surface area contributed by atoms with E-state index in [0.717, 1.165) is 0 Å². The van der Waals surface area contributed by atoms with Gasteiger partial charge in [-0.3, -0.25) is 0 Å². The largest absolute Gasteiger partial charge is 0.495 e. The molecule has 2 amide bonds. The number of amides is 2. The molecule has 0 spiro atoms. The molecule has 1 aromatic carbocycles. The van der Waals surface area contributed by atoms with Crippen LogP contribution in [0.3, 0.4) is 0 Å². The lowest BCUT2D eigenvalue weighted by atomic mass is 10.2. The molecule has 0 aliphatic carbocycles. The summed E-state index contributed by atoms with van der Waals surface area (Å²) in [5, 5.41) is 5.48. The summed E-state index contributed by atoms with van der Waals surface area (Å²) < 4.78 is 20.7. The van der Waals surface area contributed by atoms with Crippen LogP contribution in [0.1, 0.15) is 17.3 Å². The van der Waals surface area contributed by atoms with Gasteiger partial charge in [0.25, 0.3) is 0 Å². The fourth-order valence-corrected chi connectivity index (χ4v) is 2.42. The number of carbonyl (C=O) groups excluding carboxylic acids is 2. The lowest BCUT2D eigenvalue weighted by molar-refractivity contribution is 0.0428. The summed E-state index contributed by atoms with van der Waals surface area (Å²) in [4.78, 5) is 23.9. The van der Waals surface area contributed by atoms with E-state index in [-0.39, 0.29) is 12.1 Å². The number of rotatable bonds is 6. The van der Waals surface area contributed by atoms with Gasteiger partial charge in [-0.1, -0.05) is 0 Å². The van der Waals surface area contributed by atoms with Crippen molar-refractivity contribution in [2.24, 2.45) is 0 Å². The fraction of sp³-hybridized carbons (Fsp3) is 0.500. The van der Waals surface area contributed by atoms with Gasteiger partial charge in [0.15, 0.2) is 0 Å². The summed E-state index contributed by atoms with van der Waals surface area (Å²) >= 11 is 0. The minimum atomic E-state index is -0.498. The molecule has 1 fully saturated rings. The van der Waals surface area contributed by atoms with Crippen LogP contribution in [0.25, 0.3) is 0 Å². The van der Waals surface area contributed by atoms with E-state index < -0.39 is 12.0 Å². The van der Waals surface area contributed by atoms with Crippen LogP contribution < -0.4 is 15.4 Å². The second-order valence-corrected chi connectivity index (χ2v) is 5.14. The number of nitrogens with one attached hydrogen (secondary N) is 2. The number of methoxy groups -OCH3 is 2. The maximum absolute atomic E-state index is 12.2. The second kappa shape index (κ2) is 8.51. The van der Waals surface area contributed by atoms with Crippen LogP contribution in [0.2, 0.25) is 0 Å². The molecule has 8 heteroatoms. The molecule has 0 aromatic heterocycles. The van der Waals surface area contributed by atoms with Crippen LogP contribution in [0, 0.1) is 0 Å². The smallest absolute Gasteiger partial charge is 0.337 e. The third kappa shape index (κ3) is 4.36. The molecule has 1 saturated heterocycles. The van der Waals surface area contributed by atoms with E-state index in [1.807, 2.05) is 6.92 Å². The Morgan fingerprint density at radius 3 is 2.75 bits per heavy atom. The van der Waals surface area contributed by atoms with Gasteiger partial charge < -0.3 is 29.6 Å². The average molecular weight is 338 g/mol. The molecule has 2 rings (SSSR count). The summed E-state index contributed by atoms with van der Waals surface area (Å²) in [5.41, 5.74) is 0.676. The molecule has 8 nitrogen and oxygen atoms in total. The first kappa shape index (κ1) is 18.0. The van der Waals surface area contributed by atoms with Crippen molar-refractivity contribution in [2.45, 2.75) is 19.1 Å². The van der Waals surface area contributed by atoms with Gasteiger partial charge in [-0.05, 0) is 25.1 Å². The number of carbonyl (C=O) groups is 2. The van der Waals surface area contributed by atoms with Gasteiger partial charge in [0, 0.05) is 6.61 Å². The Balaban J connectivity index is 2.06. The third-order valence-corrected chi connectivity index (χ3v) is 3.59. The summed E-state index contributed by atoms with van der Waals surface area (Å²) in [6.07, 6.45) is -0.177. The highest BCUT2D eigenvalue weighted by molar-refractivity contribution is 5.95. The zero-order valence-electron chi connectivity index (χ0n) is 14.0. The Labute approximate surface area is 140 Å². The maximum Gasteiger partial charge on any atom is 0.337 e. The summed E-state index contributed by atoms with van der Waals surface area (Å²) in [6, 6.07) is 3.97. The van der Waals surface area contributed by atoms with Crippen molar-refractivity contribution in [3.05, 3.63) is 23.8 Å². The van der Waals surface area contributed by atoms with Crippen molar-refractivity contribution >= 4 is 17.7 Å². The molecular weight excluding hydrogens is 316 g/mol. The molecule has 1 aliphatic rings. The van der Waals surface area contributed by atoms with Gasteiger partial charge in [-0.15, -0.1) is 0 Å². The van der Waals surface area contributed by atoms with Gasteiger partial charge in [-0.25, -0.2) is 9.59 Å². The van der Waals surface area contributed by atoms with Crippen molar-refractivity contribution in [3.63, 3.8) is 0 Å². The summed E-state index contributed by atoms with van der Waals surface area (Å²) in [5.74, 6) is -0.0662. The molecule has 1 heterocycles. The zero-order valence-corrected chi connectivity index (χ0v) is 14.0. The first-order chi connectivity index (χ1) is 11.6. The standard InChI is InChI=1S/C16H22N2O6/c1-4-24-14-9-23-8-12(14)18-16(20)17-11-7-10(15(19)22-3)5-6-13(11)21-2/h5-7,12,14H,4,8-9H2,1-3H3,(H2,17,18,20)/t12-,14-/m1/s1. The van der Waals surface area contributed by atoms with Crippen molar-refractivity contribution < 1.29 is 28.5 Å². The molecular formula is C16H22N2O6.